The summed E-state index contributed by atoms with van der Waals surface area (Å²) in [4.78, 5) is 17.5. The van der Waals surface area contributed by atoms with E-state index in [4.69, 9.17) is 4.74 Å². The molecule has 1 heterocycles. The molecule has 0 radical (unpaired) electrons. The zero-order valence-corrected chi connectivity index (χ0v) is 16.2. The van der Waals surface area contributed by atoms with E-state index in [-0.39, 0.29) is 23.2 Å². The summed E-state index contributed by atoms with van der Waals surface area (Å²) < 4.78 is 5.27. The molecular weight excluding hydrogens is 378 g/mol. The third-order valence-corrected chi connectivity index (χ3v) is 4.93. The number of phenolic OH excluding ortho intramolecular Hbond substituents is 2. The number of aromatic nitrogens is 1. The first-order valence-corrected chi connectivity index (χ1v) is 9.37. The van der Waals surface area contributed by atoms with Crippen molar-refractivity contribution >= 4 is 34.8 Å². The van der Waals surface area contributed by atoms with Gasteiger partial charge in [-0.1, -0.05) is 0 Å². The number of amides is 1. The Kier molecular flexibility index (Phi) is 6.00. The van der Waals surface area contributed by atoms with Crippen molar-refractivity contribution < 1.29 is 19.7 Å². The zero-order chi connectivity index (χ0) is 20.1. The van der Waals surface area contributed by atoms with Crippen LogP contribution in [-0.2, 0) is 4.79 Å². The van der Waals surface area contributed by atoms with E-state index in [0.29, 0.717) is 5.56 Å². The van der Waals surface area contributed by atoms with E-state index in [9.17, 15) is 15.0 Å². The number of hydrazone groups is 1. The van der Waals surface area contributed by atoms with Gasteiger partial charge in [-0.2, -0.15) is 5.10 Å². The summed E-state index contributed by atoms with van der Waals surface area (Å²) in [5, 5.41) is 23.7. The number of hydrogen-bond donors (Lipinski definition) is 3. The summed E-state index contributed by atoms with van der Waals surface area (Å²) in [6.45, 7) is 1.90. The van der Waals surface area contributed by atoms with Crippen LogP contribution < -0.4 is 10.2 Å². The topological polar surface area (TPSA) is 104 Å². The van der Waals surface area contributed by atoms with Crippen LogP contribution in [0.1, 0.15) is 11.3 Å². The molecule has 3 N–H and O–H groups in total. The number of benzene rings is 2. The SMILES string of the molecule is COc1ccc2nc(C)cc(SCC(=O)N/N=C\c3ccc(O)cc3O)c2c1. The average Bonchev–Trinajstić information content (AvgIpc) is 2.67. The molecule has 144 valence electrons. The number of carbonyl (C=O) groups is 1. The molecular formula is C20H19N3O4S. The summed E-state index contributed by atoms with van der Waals surface area (Å²) in [6, 6.07) is 11.7. The summed E-state index contributed by atoms with van der Waals surface area (Å²) in [5.74, 6) is 0.425. The third-order valence-electron chi connectivity index (χ3n) is 3.87. The number of fused-ring (bicyclic) bond motifs is 1. The monoisotopic (exact) mass is 397 g/mol. The fourth-order valence-electron chi connectivity index (χ4n) is 2.54. The number of phenols is 2. The van der Waals surface area contributed by atoms with Gasteiger partial charge in [-0.15, -0.1) is 11.8 Å². The number of aryl methyl sites for hydroxylation is 1. The van der Waals surface area contributed by atoms with Crippen molar-refractivity contribution in [2.75, 3.05) is 12.9 Å². The lowest BCUT2D eigenvalue weighted by Gasteiger charge is -2.09. The van der Waals surface area contributed by atoms with Gasteiger partial charge in [0, 0.05) is 27.6 Å². The van der Waals surface area contributed by atoms with Gasteiger partial charge in [-0.3, -0.25) is 9.78 Å². The summed E-state index contributed by atoms with van der Waals surface area (Å²) >= 11 is 1.38. The molecule has 0 bridgehead atoms. The van der Waals surface area contributed by atoms with Gasteiger partial charge in [0.1, 0.15) is 17.2 Å². The fourth-order valence-corrected chi connectivity index (χ4v) is 3.46. The molecule has 0 aliphatic heterocycles. The van der Waals surface area contributed by atoms with Crippen LogP contribution in [0.15, 0.2) is 52.5 Å². The first-order chi connectivity index (χ1) is 13.5. The summed E-state index contributed by atoms with van der Waals surface area (Å²) in [6.07, 6.45) is 1.31. The number of aromatic hydroxyl groups is 2. The molecule has 1 amide bonds. The number of rotatable bonds is 6. The van der Waals surface area contributed by atoms with Crippen molar-refractivity contribution in [1.82, 2.24) is 10.4 Å². The Morgan fingerprint density at radius 1 is 1.25 bits per heavy atom. The van der Waals surface area contributed by atoms with Gasteiger partial charge < -0.3 is 14.9 Å². The van der Waals surface area contributed by atoms with Crippen LogP contribution in [0, 0.1) is 6.92 Å². The van der Waals surface area contributed by atoms with E-state index in [1.165, 1.54) is 36.2 Å². The molecule has 7 nitrogen and oxygen atoms in total. The van der Waals surface area contributed by atoms with Crippen LogP contribution in [0.4, 0.5) is 0 Å². The van der Waals surface area contributed by atoms with Gasteiger partial charge in [0.25, 0.3) is 0 Å². The van der Waals surface area contributed by atoms with E-state index >= 15 is 0 Å². The molecule has 3 rings (SSSR count). The molecule has 0 saturated heterocycles. The zero-order valence-electron chi connectivity index (χ0n) is 15.3. The lowest BCUT2D eigenvalue weighted by Crippen LogP contribution is -2.19. The largest absolute Gasteiger partial charge is 0.508 e. The van der Waals surface area contributed by atoms with Crippen molar-refractivity contribution in [1.29, 1.82) is 0 Å². The fraction of sp³-hybridized carbons (Fsp3) is 0.150. The van der Waals surface area contributed by atoms with Crippen molar-refractivity contribution in [2.24, 2.45) is 5.10 Å². The lowest BCUT2D eigenvalue weighted by molar-refractivity contribution is -0.118. The van der Waals surface area contributed by atoms with E-state index in [1.807, 2.05) is 31.2 Å². The number of ether oxygens (including phenoxy) is 1. The predicted octanol–water partition coefficient (Wildman–Crippen LogP) is 3.21. The van der Waals surface area contributed by atoms with E-state index in [0.717, 1.165) is 27.2 Å². The lowest BCUT2D eigenvalue weighted by atomic mass is 10.2. The molecule has 0 fully saturated rings. The Morgan fingerprint density at radius 3 is 2.82 bits per heavy atom. The van der Waals surface area contributed by atoms with Gasteiger partial charge in [0.15, 0.2) is 0 Å². The summed E-state index contributed by atoms with van der Waals surface area (Å²) in [5.41, 5.74) is 4.51. The highest BCUT2D eigenvalue weighted by atomic mass is 32.2. The molecule has 0 spiro atoms. The Bertz CT molecular complexity index is 1050. The Balaban J connectivity index is 1.66. The van der Waals surface area contributed by atoms with Crippen LogP contribution in [-0.4, -0.2) is 40.2 Å². The molecule has 0 saturated carbocycles. The molecule has 2 aromatic carbocycles. The molecule has 0 aliphatic carbocycles. The average molecular weight is 397 g/mol. The van der Waals surface area contributed by atoms with Crippen molar-refractivity contribution in [2.45, 2.75) is 11.8 Å². The molecule has 0 unspecified atom stereocenters. The van der Waals surface area contributed by atoms with Crippen molar-refractivity contribution in [3.05, 3.63) is 53.7 Å². The first-order valence-electron chi connectivity index (χ1n) is 8.38. The van der Waals surface area contributed by atoms with Crippen LogP contribution in [0.2, 0.25) is 0 Å². The van der Waals surface area contributed by atoms with Crippen LogP contribution in [0.5, 0.6) is 17.2 Å². The van der Waals surface area contributed by atoms with Crippen LogP contribution in [0.3, 0.4) is 0 Å². The van der Waals surface area contributed by atoms with E-state index in [2.05, 4.69) is 15.5 Å². The second kappa shape index (κ2) is 8.62. The molecule has 0 aliphatic rings. The maximum atomic E-state index is 12.1. The van der Waals surface area contributed by atoms with Crippen LogP contribution >= 0.6 is 11.8 Å². The highest BCUT2D eigenvalue weighted by Gasteiger charge is 2.09. The van der Waals surface area contributed by atoms with E-state index in [1.54, 1.807) is 7.11 Å². The number of methoxy groups -OCH3 is 1. The second-order valence-corrected chi connectivity index (χ2v) is 6.99. The highest BCUT2D eigenvalue weighted by Crippen LogP contribution is 2.30. The predicted molar refractivity (Wildman–Crippen MR) is 109 cm³/mol. The molecule has 8 heteroatoms. The Hall–Kier alpha value is -3.26. The number of thioether (sulfide) groups is 1. The minimum Gasteiger partial charge on any atom is -0.508 e. The molecule has 3 aromatic rings. The quantitative estimate of drug-likeness (QED) is 0.335. The maximum absolute atomic E-state index is 12.1. The standard InChI is InChI=1S/C20H19N3O4S/c1-12-7-19(16-9-15(27-2)5-6-17(16)22-12)28-11-20(26)23-21-10-13-3-4-14(24)8-18(13)25/h3-10,24-25H,11H2,1-2H3,(H,23,26)/b21-10-. The number of carbonyl (C=O) groups excluding carboxylic acids is 1. The number of pyridine rings is 1. The number of hydrogen-bond acceptors (Lipinski definition) is 7. The van der Waals surface area contributed by atoms with Gasteiger partial charge >= 0.3 is 0 Å². The molecule has 0 atom stereocenters. The van der Waals surface area contributed by atoms with Gasteiger partial charge in [-0.05, 0) is 43.3 Å². The Morgan fingerprint density at radius 2 is 2.07 bits per heavy atom. The third kappa shape index (κ3) is 4.72. The summed E-state index contributed by atoms with van der Waals surface area (Å²) in [7, 11) is 1.60. The van der Waals surface area contributed by atoms with Crippen LogP contribution in [0.25, 0.3) is 10.9 Å². The number of nitrogens with zero attached hydrogens (tertiary/aromatic N) is 2. The maximum Gasteiger partial charge on any atom is 0.250 e. The van der Waals surface area contributed by atoms with Crippen molar-refractivity contribution in [3.63, 3.8) is 0 Å². The minimum atomic E-state index is -0.287. The van der Waals surface area contributed by atoms with Gasteiger partial charge in [0.2, 0.25) is 5.91 Å². The highest BCUT2D eigenvalue weighted by molar-refractivity contribution is 8.00. The minimum absolute atomic E-state index is 0.0495. The van der Waals surface area contributed by atoms with E-state index < -0.39 is 0 Å². The smallest absolute Gasteiger partial charge is 0.250 e. The van der Waals surface area contributed by atoms with Gasteiger partial charge in [-0.25, -0.2) is 5.43 Å². The second-order valence-electron chi connectivity index (χ2n) is 5.97. The van der Waals surface area contributed by atoms with Crippen molar-refractivity contribution in [3.8, 4) is 17.2 Å². The molecule has 1 aromatic heterocycles. The Labute approximate surface area is 166 Å². The normalized spacial score (nSPS) is 11.1. The first kappa shape index (κ1) is 19.5. The van der Waals surface area contributed by atoms with Gasteiger partial charge in [0.05, 0.1) is 24.6 Å². The number of nitrogens with one attached hydrogen (secondary N) is 1. The molecule has 28 heavy (non-hydrogen) atoms.